The number of nitrogens with one attached hydrogen (secondary N) is 1. The van der Waals surface area contributed by atoms with Gasteiger partial charge in [-0.25, -0.2) is 21.2 Å². The van der Waals surface area contributed by atoms with Crippen molar-refractivity contribution in [3.63, 3.8) is 0 Å². The first-order chi connectivity index (χ1) is 15.9. The zero-order chi connectivity index (χ0) is 25.1. The van der Waals surface area contributed by atoms with Crippen molar-refractivity contribution < 1.29 is 35.5 Å². The summed E-state index contributed by atoms with van der Waals surface area (Å²) in [6, 6.07) is 7.30. The lowest BCUT2D eigenvalue weighted by atomic mass is 10.3. The lowest BCUT2D eigenvalue weighted by molar-refractivity contribution is -0.114. The molecule has 2 aromatic rings. The van der Waals surface area contributed by atoms with Gasteiger partial charge in [-0.05, 0) is 36.4 Å². The number of benzene rings is 2. The standard InChI is InChI=1S/C20H23ClFN3O7S2/c1-31-18-6-3-14(11-19(18)34(29,30)24-7-9-32-10-8-24)23-20(26)13-25(33(2,27)28)15-4-5-17(22)16(21)12-15/h3-6,11-12H,7-10,13H2,1-2H3,(H,23,26). The second kappa shape index (κ2) is 10.4. The molecule has 0 radical (unpaired) electrons. The van der Waals surface area contributed by atoms with Crippen molar-refractivity contribution in [3.8, 4) is 5.75 Å². The van der Waals surface area contributed by atoms with E-state index in [0.29, 0.717) is 0 Å². The first-order valence-electron chi connectivity index (χ1n) is 9.92. The molecule has 1 saturated heterocycles. The summed E-state index contributed by atoms with van der Waals surface area (Å²) in [5.41, 5.74) is 0.109. The molecule has 3 rings (SSSR count). The van der Waals surface area contributed by atoms with Crippen molar-refractivity contribution in [1.82, 2.24) is 4.31 Å². The van der Waals surface area contributed by atoms with Crippen LogP contribution in [0.15, 0.2) is 41.3 Å². The van der Waals surface area contributed by atoms with Crippen LogP contribution in [0, 0.1) is 5.82 Å². The van der Waals surface area contributed by atoms with Gasteiger partial charge in [-0.1, -0.05) is 11.6 Å². The molecule has 1 N–H and O–H groups in total. The number of halogens is 2. The molecule has 14 heteroatoms. The van der Waals surface area contributed by atoms with Crippen LogP contribution in [-0.2, 0) is 29.6 Å². The SMILES string of the molecule is COc1ccc(NC(=O)CN(c2ccc(F)c(Cl)c2)S(C)(=O)=O)cc1S(=O)(=O)N1CCOCC1. The van der Waals surface area contributed by atoms with E-state index in [-0.39, 0.29) is 53.3 Å². The Morgan fingerprint density at radius 1 is 1.18 bits per heavy atom. The van der Waals surface area contributed by atoms with Gasteiger partial charge in [0, 0.05) is 18.8 Å². The Hall–Kier alpha value is -2.45. The number of carbonyl (C=O) groups is 1. The number of ether oxygens (including phenoxy) is 2. The van der Waals surface area contributed by atoms with Gasteiger partial charge in [0.15, 0.2) is 0 Å². The molecule has 1 aliphatic rings. The van der Waals surface area contributed by atoms with Crippen LogP contribution in [0.25, 0.3) is 0 Å². The fraction of sp³-hybridized carbons (Fsp3) is 0.350. The number of carbonyl (C=O) groups excluding carboxylic acids is 1. The van der Waals surface area contributed by atoms with Crippen LogP contribution < -0.4 is 14.4 Å². The molecule has 0 bridgehead atoms. The third-order valence-corrected chi connectivity index (χ3v) is 8.26. The molecule has 0 aromatic heterocycles. The van der Waals surface area contributed by atoms with Crippen LogP contribution >= 0.6 is 11.6 Å². The predicted molar refractivity (Wildman–Crippen MR) is 125 cm³/mol. The number of hydrogen-bond donors (Lipinski definition) is 1. The minimum atomic E-state index is -3.94. The number of nitrogens with zero attached hydrogens (tertiary/aromatic N) is 2. The van der Waals surface area contributed by atoms with Crippen LogP contribution in [0.1, 0.15) is 0 Å². The van der Waals surface area contributed by atoms with Gasteiger partial charge < -0.3 is 14.8 Å². The highest BCUT2D eigenvalue weighted by molar-refractivity contribution is 7.92. The maximum absolute atomic E-state index is 13.5. The fourth-order valence-electron chi connectivity index (χ4n) is 3.25. The molecular weight excluding hydrogens is 513 g/mol. The van der Waals surface area contributed by atoms with E-state index in [4.69, 9.17) is 21.1 Å². The lowest BCUT2D eigenvalue weighted by Gasteiger charge is -2.27. The first kappa shape index (κ1) is 26.2. The van der Waals surface area contributed by atoms with Crippen molar-refractivity contribution in [1.29, 1.82) is 0 Å². The molecule has 2 aromatic carbocycles. The number of anilines is 2. The smallest absolute Gasteiger partial charge is 0.246 e. The van der Waals surface area contributed by atoms with Crippen molar-refractivity contribution in [3.05, 3.63) is 47.2 Å². The van der Waals surface area contributed by atoms with Gasteiger partial charge in [-0.3, -0.25) is 9.10 Å². The van der Waals surface area contributed by atoms with E-state index >= 15 is 0 Å². The normalized spacial score (nSPS) is 15.1. The van der Waals surface area contributed by atoms with Gasteiger partial charge in [-0.15, -0.1) is 0 Å². The zero-order valence-electron chi connectivity index (χ0n) is 18.3. The molecule has 1 aliphatic heterocycles. The van der Waals surface area contributed by atoms with Crippen molar-refractivity contribution in [2.75, 3.05) is 55.8 Å². The average Bonchev–Trinajstić information content (AvgIpc) is 2.79. The van der Waals surface area contributed by atoms with Crippen molar-refractivity contribution in [2.24, 2.45) is 0 Å². The molecule has 10 nitrogen and oxygen atoms in total. The summed E-state index contributed by atoms with van der Waals surface area (Å²) in [5.74, 6) is -1.41. The fourth-order valence-corrected chi connectivity index (χ4v) is 5.87. The van der Waals surface area contributed by atoms with E-state index in [1.54, 1.807) is 0 Å². The highest BCUT2D eigenvalue weighted by Gasteiger charge is 2.30. The highest BCUT2D eigenvalue weighted by Crippen LogP contribution is 2.30. The third kappa shape index (κ3) is 5.96. The Balaban J connectivity index is 1.86. The lowest BCUT2D eigenvalue weighted by Crippen LogP contribution is -2.40. The second-order valence-electron chi connectivity index (χ2n) is 7.30. The Morgan fingerprint density at radius 2 is 1.85 bits per heavy atom. The summed E-state index contributed by atoms with van der Waals surface area (Å²) in [6.07, 6.45) is 0.887. The minimum Gasteiger partial charge on any atom is -0.495 e. The maximum Gasteiger partial charge on any atom is 0.246 e. The molecule has 0 saturated carbocycles. The molecule has 34 heavy (non-hydrogen) atoms. The van der Waals surface area contributed by atoms with Crippen LogP contribution in [0.5, 0.6) is 5.75 Å². The van der Waals surface area contributed by atoms with E-state index in [1.807, 2.05) is 0 Å². The Morgan fingerprint density at radius 3 is 2.44 bits per heavy atom. The van der Waals surface area contributed by atoms with Crippen LogP contribution in [0.4, 0.5) is 15.8 Å². The van der Waals surface area contributed by atoms with Gasteiger partial charge >= 0.3 is 0 Å². The summed E-state index contributed by atoms with van der Waals surface area (Å²) in [5, 5.41) is 2.19. The molecule has 0 unspecified atom stereocenters. The van der Waals surface area contributed by atoms with Gasteiger partial charge in [0.1, 0.15) is 23.0 Å². The van der Waals surface area contributed by atoms with Gasteiger partial charge in [0.05, 0.1) is 37.3 Å². The highest BCUT2D eigenvalue weighted by atomic mass is 35.5. The third-order valence-electron chi connectivity index (χ3n) is 4.91. The van der Waals surface area contributed by atoms with Gasteiger partial charge in [0.25, 0.3) is 0 Å². The van der Waals surface area contributed by atoms with Gasteiger partial charge in [-0.2, -0.15) is 4.31 Å². The maximum atomic E-state index is 13.5. The molecule has 1 amide bonds. The topological polar surface area (TPSA) is 122 Å². The summed E-state index contributed by atoms with van der Waals surface area (Å²) in [7, 11) is -6.55. The van der Waals surface area contributed by atoms with E-state index in [2.05, 4.69) is 5.32 Å². The number of rotatable bonds is 8. The average molecular weight is 536 g/mol. The number of methoxy groups -OCH3 is 1. The summed E-state index contributed by atoms with van der Waals surface area (Å²) < 4.78 is 76.6. The Bertz CT molecular complexity index is 1280. The van der Waals surface area contributed by atoms with E-state index < -0.39 is 38.3 Å². The second-order valence-corrected chi connectivity index (χ2v) is 11.5. The summed E-state index contributed by atoms with van der Waals surface area (Å²) in [6.45, 7) is 0.203. The molecular formula is C20H23ClFN3O7S2. The van der Waals surface area contributed by atoms with E-state index in [0.717, 1.165) is 22.7 Å². The Kier molecular flexibility index (Phi) is 8.03. The molecule has 186 valence electrons. The van der Waals surface area contributed by atoms with Crippen LogP contribution in [0.2, 0.25) is 5.02 Å². The first-order valence-corrected chi connectivity index (χ1v) is 13.6. The van der Waals surface area contributed by atoms with E-state index in [9.17, 15) is 26.0 Å². The van der Waals surface area contributed by atoms with E-state index in [1.165, 1.54) is 35.7 Å². The molecule has 1 heterocycles. The quantitative estimate of drug-likeness (QED) is 0.548. The molecule has 1 fully saturated rings. The molecule has 0 atom stereocenters. The van der Waals surface area contributed by atoms with Crippen molar-refractivity contribution in [2.45, 2.75) is 4.90 Å². The molecule has 0 aliphatic carbocycles. The minimum absolute atomic E-state index is 0.00522. The molecule has 0 spiro atoms. The monoisotopic (exact) mass is 535 g/mol. The number of morpholine rings is 1. The Labute approximate surface area is 202 Å². The van der Waals surface area contributed by atoms with Crippen LogP contribution in [0.3, 0.4) is 0 Å². The number of amides is 1. The van der Waals surface area contributed by atoms with Gasteiger partial charge in [0.2, 0.25) is 26.0 Å². The largest absolute Gasteiger partial charge is 0.495 e. The number of sulfonamides is 2. The van der Waals surface area contributed by atoms with Crippen molar-refractivity contribution >= 4 is 48.9 Å². The summed E-state index contributed by atoms with van der Waals surface area (Å²) in [4.78, 5) is 12.5. The van der Waals surface area contributed by atoms with Crippen LogP contribution in [-0.4, -0.2) is 73.3 Å². The summed E-state index contributed by atoms with van der Waals surface area (Å²) >= 11 is 5.75. The zero-order valence-corrected chi connectivity index (χ0v) is 20.7. The predicted octanol–water partition coefficient (Wildman–Crippen LogP) is 1.91. The number of hydrogen-bond acceptors (Lipinski definition) is 7.